The van der Waals surface area contributed by atoms with Crippen LogP contribution in [-0.2, 0) is 13.0 Å². The lowest BCUT2D eigenvalue weighted by atomic mass is 9.96. The van der Waals surface area contributed by atoms with E-state index >= 15 is 0 Å². The Hall–Kier alpha value is -1.52. The number of nitrogens with one attached hydrogen (secondary N) is 2. The van der Waals surface area contributed by atoms with E-state index in [4.69, 9.17) is 0 Å². The molecule has 0 saturated heterocycles. The molecule has 0 atom stereocenters. The van der Waals surface area contributed by atoms with Crippen LogP contribution in [0.1, 0.15) is 57.0 Å². The van der Waals surface area contributed by atoms with Crippen LogP contribution in [0.3, 0.4) is 0 Å². The fourth-order valence-electron chi connectivity index (χ4n) is 3.01. The average Bonchev–Trinajstić information content (AvgIpc) is 2.82. The molecule has 0 unspecified atom stereocenters. The van der Waals surface area contributed by atoms with Crippen molar-refractivity contribution in [3.05, 3.63) is 17.7 Å². The smallest absolute Gasteiger partial charge is 0.315 e. The summed E-state index contributed by atoms with van der Waals surface area (Å²) in [6.07, 6.45) is 9.80. The second-order valence-electron chi connectivity index (χ2n) is 5.95. The summed E-state index contributed by atoms with van der Waals surface area (Å²) in [6, 6.07) is 0.329. The number of imidazole rings is 1. The molecule has 1 fully saturated rings. The molecule has 1 aliphatic carbocycles. The van der Waals surface area contributed by atoms with Gasteiger partial charge in [0, 0.05) is 37.4 Å². The number of urea groups is 1. The number of rotatable bonds is 6. The zero-order valence-corrected chi connectivity index (χ0v) is 13.3. The molecule has 1 heterocycles. The number of aryl methyl sites for hydroxylation is 1. The second-order valence-corrected chi connectivity index (χ2v) is 5.95. The second kappa shape index (κ2) is 8.05. The highest BCUT2D eigenvalue weighted by molar-refractivity contribution is 5.74. The van der Waals surface area contributed by atoms with Crippen molar-refractivity contribution in [2.45, 2.75) is 71.4 Å². The van der Waals surface area contributed by atoms with Crippen LogP contribution >= 0.6 is 0 Å². The summed E-state index contributed by atoms with van der Waals surface area (Å²) < 4.78 is 2.24. The van der Waals surface area contributed by atoms with E-state index in [0.717, 1.165) is 38.1 Å². The third-order valence-corrected chi connectivity index (χ3v) is 4.16. The minimum atomic E-state index is -0.0350. The first-order valence-electron chi connectivity index (χ1n) is 8.26. The van der Waals surface area contributed by atoms with Crippen LogP contribution in [-0.4, -0.2) is 28.2 Å². The summed E-state index contributed by atoms with van der Waals surface area (Å²) >= 11 is 0. The quantitative estimate of drug-likeness (QED) is 0.847. The van der Waals surface area contributed by atoms with Crippen LogP contribution in [0.2, 0.25) is 0 Å². The number of amides is 2. The lowest BCUT2D eigenvalue weighted by Crippen LogP contribution is -2.43. The van der Waals surface area contributed by atoms with E-state index < -0.39 is 0 Å². The van der Waals surface area contributed by atoms with E-state index in [0.29, 0.717) is 12.6 Å². The molecule has 2 rings (SSSR count). The maximum atomic E-state index is 11.9. The molecule has 2 amide bonds. The van der Waals surface area contributed by atoms with E-state index in [-0.39, 0.29) is 6.03 Å². The van der Waals surface area contributed by atoms with Crippen LogP contribution in [0.4, 0.5) is 4.79 Å². The fourth-order valence-corrected chi connectivity index (χ4v) is 3.01. The summed E-state index contributed by atoms with van der Waals surface area (Å²) in [5.74, 6) is 1.06. The Morgan fingerprint density at radius 2 is 2.14 bits per heavy atom. The minimum Gasteiger partial charge on any atom is -0.338 e. The molecule has 5 heteroatoms. The van der Waals surface area contributed by atoms with Crippen LogP contribution in [0.5, 0.6) is 0 Å². The SMILES string of the molecule is CCCn1c(C)cnc1CCNC(=O)NC1CCCCC1. The molecule has 0 radical (unpaired) electrons. The van der Waals surface area contributed by atoms with Crippen molar-refractivity contribution < 1.29 is 4.79 Å². The zero-order valence-electron chi connectivity index (χ0n) is 13.3. The summed E-state index contributed by atoms with van der Waals surface area (Å²) in [4.78, 5) is 16.3. The molecule has 118 valence electrons. The highest BCUT2D eigenvalue weighted by Gasteiger charge is 2.15. The normalized spacial score (nSPS) is 15.9. The lowest BCUT2D eigenvalue weighted by Gasteiger charge is -2.22. The molecule has 1 aromatic heterocycles. The topological polar surface area (TPSA) is 59.0 Å². The summed E-state index contributed by atoms with van der Waals surface area (Å²) in [5.41, 5.74) is 1.19. The van der Waals surface area contributed by atoms with Crippen LogP contribution in [0.25, 0.3) is 0 Å². The van der Waals surface area contributed by atoms with E-state index in [9.17, 15) is 4.79 Å². The van der Waals surface area contributed by atoms with Gasteiger partial charge in [-0.3, -0.25) is 0 Å². The Bertz CT molecular complexity index is 449. The van der Waals surface area contributed by atoms with Gasteiger partial charge in [-0.15, -0.1) is 0 Å². The standard InChI is InChI=1S/C16H28N4O/c1-3-11-20-13(2)12-18-15(20)9-10-17-16(21)19-14-7-5-4-6-8-14/h12,14H,3-11H2,1-2H3,(H2,17,19,21). The molecule has 21 heavy (non-hydrogen) atoms. The molecular weight excluding hydrogens is 264 g/mol. The molecule has 2 N–H and O–H groups in total. The van der Waals surface area contributed by atoms with Gasteiger partial charge in [0.1, 0.15) is 5.82 Å². The molecule has 0 spiro atoms. The zero-order chi connectivity index (χ0) is 15.1. The molecule has 5 nitrogen and oxygen atoms in total. The van der Waals surface area contributed by atoms with E-state index in [1.807, 2.05) is 6.20 Å². The average molecular weight is 292 g/mol. The Labute approximate surface area is 127 Å². The van der Waals surface area contributed by atoms with E-state index in [1.54, 1.807) is 0 Å². The van der Waals surface area contributed by atoms with E-state index in [1.165, 1.54) is 25.0 Å². The van der Waals surface area contributed by atoms with Gasteiger partial charge in [-0.1, -0.05) is 26.2 Å². The van der Waals surface area contributed by atoms with Gasteiger partial charge in [-0.05, 0) is 26.2 Å². The van der Waals surface area contributed by atoms with Gasteiger partial charge in [0.25, 0.3) is 0 Å². The lowest BCUT2D eigenvalue weighted by molar-refractivity contribution is 0.232. The van der Waals surface area contributed by atoms with Gasteiger partial charge in [0.15, 0.2) is 0 Å². The van der Waals surface area contributed by atoms with Crippen molar-refractivity contribution in [3.63, 3.8) is 0 Å². The summed E-state index contributed by atoms with van der Waals surface area (Å²) in [5, 5.41) is 6.03. The first kappa shape index (κ1) is 15.9. The third kappa shape index (κ3) is 4.76. The molecule has 0 bridgehead atoms. The molecular formula is C16H28N4O. The van der Waals surface area contributed by atoms with Crippen LogP contribution in [0, 0.1) is 6.92 Å². The molecule has 0 aliphatic heterocycles. The monoisotopic (exact) mass is 292 g/mol. The fraction of sp³-hybridized carbons (Fsp3) is 0.750. The predicted molar refractivity (Wildman–Crippen MR) is 84.4 cm³/mol. The highest BCUT2D eigenvalue weighted by Crippen LogP contribution is 2.17. The summed E-state index contributed by atoms with van der Waals surface area (Å²) in [6.45, 7) is 5.88. The van der Waals surface area contributed by atoms with Gasteiger partial charge < -0.3 is 15.2 Å². The Kier molecular flexibility index (Phi) is 6.08. The van der Waals surface area contributed by atoms with Crippen LogP contribution in [0.15, 0.2) is 6.20 Å². The van der Waals surface area contributed by atoms with Gasteiger partial charge in [-0.25, -0.2) is 9.78 Å². The van der Waals surface area contributed by atoms with Crippen molar-refractivity contribution in [3.8, 4) is 0 Å². The van der Waals surface area contributed by atoms with Crippen molar-refractivity contribution in [1.29, 1.82) is 0 Å². The van der Waals surface area contributed by atoms with E-state index in [2.05, 4.69) is 34.0 Å². The van der Waals surface area contributed by atoms with Crippen molar-refractivity contribution >= 4 is 6.03 Å². The van der Waals surface area contributed by atoms with Gasteiger partial charge in [0.2, 0.25) is 0 Å². The van der Waals surface area contributed by atoms with Gasteiger partial charge in [-0.2, -0.15) is 0 Å². The Morgan fingerprint density at radius 3 is 2.86 bits per heavy atom. The first-order chi connectivity index (χ1) is 10.2. The van der Waals surface area contributed by atoms with Crippen LogP contribution < -0.4 is 10.6 Å². The summed E-state index contributed by atoms with van der Waals surface area (Å²) in [7, 11) is 0. The third-order valence-electron chi connectivity index (χ3n) is 4.16. The maximum absolute atomic E-state index is 11.9. The van der Waals surface area contributed by atoms with Crippen molar-refractivity contribution in [2.75, 3.05) is 6.54 Å². The number of carbonyl (C=O) groups is 1. The first-order valence-corrected chi connectivity index (χ1v) is 8.26. The van der Waals surface area contributed by atoms with Gasteiger partial charge in [0.05, 0.1) is 0 Å². The van der Waals surface area contributed by atoms with Crippen molar-refractivity contribution in [2.24, 2.45) is 0 Å². The largest absolute Gasteiger partial charge is 0.338 e. The van der Waals surface area contributed by atoms with Gasteiger partial charge >= 0.3 is 6.03 Å². The molecule has 1 aliphatic rings. The number of aromatic nitrogens is 2. The minimum absolute atomic E-state index is 0.0350. The number of hydrogen-bond donors (Lipinski definition) is 2. The molecule has 1 aromatic rings. The number of carbonyl (C=O) groups excluding carboxylic acids is 1. The predicted octanol–water partition coefficient (Wildman–Crippen LogP) is 2.78. The van der Waals surface area contributed by atoms with Crippen molar-refractivity contribution in [1.82, 2.24) is 20.2 Å². The number of hydrogen-bond acceptors (Lipinski definition) is 2. The Morgan fingerprint density at radius 1 is 1.38 bits per heavy atom. The highest BCUT2D eigenvalue weighted by atomic mass is 16.2. The number of nitrogens with zero attached hydrogens (tertiary/aromatic N) is 2. The molecule has 1 saturated carbocycles. The maximum Gasteiger partial charge on any atom is 0.315 e. The molecule has 0 aromatic carbocycles. The Balaban J connectivity index is 1.72.